The van der Waals surface area contributed by atoms with Crippen LogP contribution in [0.5, 0.6) is 0 Å². The van der Waals surface area contributed by atoms with Gasteiger partial charge in [0.1, 0.15) is 5.52 Å². The second-order valence-electron chi connectivity index (χ2n) is 4.36. The molecular weight excluding hydrogens is 290 g/mol. The third-order valence-electron chi connectivity index (χ3n) is 3.02. The molecule has 3 aromatic rings. The average Bonchev–Trinajstić information content (AvgIpc) is 2.95. The number of methoxy groups -OCH3 is 1. The normalized spacial score (nSPS) is 10.7. The first-order valence-corrected chi connectivity index (χ1v) is 6.95. The Labute approximate surface area is 123 Å². The van der Waals surface area contributed by atoms with Crippen molar-refractivity contribution in [2.45, 2.75) is 6.54 Å². The van der Waals surface area contributed by atoms with Gasteiger partial charge in [0.05, 0.1) is 20.0 Å². The van der Waals surface area contributed by atoms with Crippen LogP contribution >= 0.6 is 11.5 Å². The molecule has 1 aromatic carbocycles. The van der Waals surface area contributed by atoms with Gasteiger partial charge in [-0.25, -0.2) is 9.78 Å². The number of hydrogen-bond donors (Lipinski definition) is 0. The fourth-order valence-corrected chi connectivity index (χ4v) is 2.72. The summed E-state index contributed by atoms with van der Waals surface area (Å²) >= 11 is 0.924. The van der Waals surface area contributed by atoms with Gasteiger partial charge in [-0.3, -0.25) is 9.36 Å². The molecule has 0 saturated carbocycles. The lowest BCUT2D eigenvalue weighted by Gasteiger charge is -2.04. The molecule has 2 aromatic heterocycles. The minimum absolute atomic E-state index is 0.193. The molecule has 0 aliphatic carbocycles. The number of carbonyl (C=O) groups excluding carboxylic acids is 1. The van der Waals surface area contributed by atoms with Crippen LogP contribution in [0.4, 0.5) is 0 Å². The molecule has 7 heteroatoms. The summed E-state index contributed by atoms with van der Waals surface area (Å²) in [6.07, 6.45) is 1.43. The minimum atomic E-state index is -0.532. The number of benzene rings is 1. The summed E-state index contributed by atoms with van der Waals surface area (Å²) in [5.74, 6) is -0.532. The van der Waals surface area contributed by atoms with E-state index in [1.54, 1.807) is 0 Å². The summed E-state index contributed by atoms with van der Waals surface area (Å²) in [4.78, 5) is 28.4. The molecule has 0 unspecified atom stereocenters. The van der Waals surface area contributed by atoms with Gasteiger partial charge in [0.2, 0.25) is 0 Å². The van der Waals surface area contributed by atoms with Crippen molar-refractivity contribution in [2.75, 3.05) is 7.11 Å². The van der Waals surface area contributed by atoms with Gasteiger partial charge in [-0.15, -0.1) is 0 Å². The van der Waals surface area contributed by atoms with Crippen molar-refractivity contribution in [2.24, 2.45) is 0 Å². The number of fused-ring (bicyclic) bond motifs is 1. The molecule has 6 nitrogen and oxygen atoms in total. The number of aromatic nitrogens is 3. The van der Waals surface area contributed by atoms with Crippen LogP contribution in [-0.2, 0) is 11.3 Å². The fraction of sp³-hybridized carbons (Fsp3) is 0.143. The summed E-state index contributed by atoms with van der Waals surface area (Å²) in [6.45, 7) is 0.410. The average molecular weight is 301 g/mol. The number of hydrogen-bond acceptors (Lipinski definition) is 6. The maximum atomic E-state index is 12.4. The summed E-state index contributed by atoms with van der Waals surface area (Å²) in [7, 11) is 1.28. The van der Waals surface area contributed by atoms with E-state index in [9.17, 15) is 9.59 Å². The van der Waals surface area contributed by atoms with Gasteiger partial charge in [-0.05, 0) is 17.1 Å². The van der Waals surface area contributed by atoms with E-state index in [4.69, 9.17) is 0 Å². The number of carbonyl (C=O) groups is 1. The predicted octanol–water partition coefficient (Wildman–Crippen LogP) is 1.69. The Morgan fingerprint density at radius 1 is 1.29 bits per heavy atom. The van der Waals surface area contributed by atoms with E-state index in [2.05, 4.69) is 14.1 Å². The Hall–Kier alpha value is -2.54. The van der Waals surface area contributed by atoms with Gasteiger partial charge >= 0.3 is 5.97 Å². The Morgan fingerprint density at radius 2 is 2.05 bits per heavy atom. The second kappa shape index (κ2) is 5.45. The zero-order valence-corrected chi connectivity index (χ0v) is 12.0. The van der Waals surface area contributed by atoms with Gasteiger partial charge < -0.3 is 4.74 Å². The van der Waals surface area contributed by atoms with Crippen molar-refractivity contribution in [3.05, 3.63) is 57.5 Å². The van der Waals surface area contributed by atoms with Crippen molar-refractivity contribution >= 4 is 28.5 Å². The number of esters is 1. The lowest BCUT2D eigenvalue weighted by atomic mass is 10.2. The number of rotatable bonds is 3. The van der Waals surface area contributed by atoms with Crippen molar-refractivity contribution < 1.29 is 9.53 Å². The molecule has 21 heavy (non-hydrogen) atoms. The highest BCUT2D eigenvalue weighted by atomic mass is 32.1. The van der Waals surface area contributed by atoms with E-state index in [1.165, 1.54) is 18.0 Å². The van der Waals surface area contributed by atoms with Crippen LogP contribution < -0.4 is 5.56 Å². The first kappa shape index (κ1) is 13.4. The maximum absolute atomic E-state index is 12.4. The van der Waals surface area contributed by atoms with Crippen molar-refractivity contribution in [1.29, 1.82) is 0 Å². The van der Waals surface area contributed by atoms with E-state index in [0.717, 1.165) is 17.1 Å². The lowest BCUT2D eigenvalue weighted by molar-refractivity contribution is 0.0608. The summed E-state index contributed by atoms with van der Waals surface area (Å²) in [6, 6.07) is 9.58. The third kappa shape index (κ3) is 2.43. The van der Waals surface area contributed by atoms with Crippen molar-refractivity contribution in [1.82, 2.24) is 13.9 Å². The van der Waals surface area contributed by atoms with Crippen LogP contribution in [0.1, 0.15) is 15.2 Å². The fourth-order valence-electron chi connectivity index (χ4n) is 1.98. The van der Waals surface area contributed by atoms with Crippen LogP contribution in [0.25, 0.3) is 11.0 Å². The van der Waals surface area contributed by atoms with E-state index < -0.39 is 5.97 Å². The highest BCUT2D eigenvalue weighted by molar-refractivity contribution is 7.09. The molecule has 0 amide bonds. The molecule has 0 radical (unpaired) electrons. The van der Waals surface area contributed by atoms with Gasteiger partial charge in [0, 0.05) is 0 Å². The van der Waals surface area contributed by atoms with Crippen LogP contribution in [-0.4, -0.2) is 27.0 Å². The van der Waals surface area contributed by atoms with E-state index in [-0.39, 0.29) is 16.0 Å². The smallest absolute Gasteiger partial charge is 0.351 e. The molecule has 0 aliphatic rings. The molecule has 0 fully saturated rings. The van der Waals surface area contributed by atoms with Crippen LogP contribution in [0, 0.1) is 0 Å². The summed E-state index contributed by atoms with van der Waals surface area (Å²) in [5.41, 5.74) is 1.21. The topological polar surface area (TPSA) is 74.1 Å². The molecule has 0 saturated heterocycles. The molecule has 0 atom stereocenters. The second-order valence-corrected chi connectivity index (χ2v) is 5.14. The van der Waals surface area contributed by atoms with E-state index >= 15 is 0 Å². The molecule has 2 heterocycles. The Balaban J connectivity index is 2.06. The quantitative estimate of drug-likeness (QED) is 0.688. The molecule has 3 rings (SSSR count). The van der Waals surface area contributed by atoms with Crippen LogP contribution in [0.2, 0.25) is 0 Å². The first-order valence-electron chi connectivity index (χ1n) is 6.18. The Morgan fingerprint density at radius 3 is 2.76 bits per heavy atom. The van der Waals surface area contributed by atoms with Crippen LogP contribution in [0.3, 0.4) is 0 Å². The van der Waals surface area contributed by atoms with Crippen molar-refractivity contribution in [3.8, 4) is 0 Å². The molecule has 0 spiro atoms. The predicted molar refractivity (Wildman–Crippen MR) is 78.6 cm³/mol. The Bertz CT molecular complexity index is 855. The minimum Gasteiger partial charge on any atom is -0.465 e. The van der Waals surface area contributed by atoms with Gasteiger partial charge in [-0.1, -0.05) is 30.3 Å². The summed E-state index contributed by atoms with van der Waals surface area (Å²) in [5, 5.41) is 0. The molecule has 0 N–H and O–H groups in total. The SMILES string of the molecule is COC(=O)c1snc2c(=O)n(Cc3ccccc3)cnc12. The monoisotopic (exact) mass is 301 g/mol. The van der Waals surface area contributed by atoms with Gasteiger partial charge in [-0.2, -0.15) is 4.37 Å². The van der Waals surface area contributed by atoms with E-state index in [0.29, 0.717) is 12.1 Å². The maximum Gasteiger partial charge on any atom is 0.351 e. The molecule has 0 aliphatic heterocycles. The number of nitrogens with zero attached hydrogens (tertiary/aromatic N) is 3. The first-order chi connectivity index (χ1) is 10.2. The van der Waals surface area contributed by atoms with Crippen molar-refractivity contribution in [3.63, 3.8) is 0 Å². The zero-order valence-electron chi connectivity index (χ0n) is 11.1. The zero-order chi connectivity index (χ0) is 14.8. The van der Waals surface area contributed by atoms with Gasteiger partial charge in [0.15, 0.2) is 10.4 Å². The number of ether oxygens (including phenoxy) is 1. The molecule has 0 bridgehead atoms. The van der Waals surface area contributed by atoms with Gasteiger partial charge in [0.25, 0.3) is 5.56 Å². The largest absolute Gasteiger partial charge is 0.465 e. The molecular formula is C14H11N3O3S. The standard InChI is InChI=1S/C14H11N3O3S/c1-20-14(19)12-10-11(16-21-12)13(18)17(8-15-10)7-9-5-3-2-4-6-9/h2-6,8H,7H2,1H3. The van der Waals surface area contributed by atoms with E-state index in [1.807, 2.05) is 30.3 Å². The molecule has 106 valence electrons. The Kier molecular flexibility index (Phi) is 3.49. The third-order valence-corrected chi connectivity index (χ3v) is 3.84. The highest BCUT2D eigenvalue weighted by Crippen LogP contribution is 2.18. The highest BCUT2D eigenvalue weighted by Gasteiger charge is 2.18. The lowest BCUT2D eigenvalue weighted by Crippen LogP contribution is -2.21. The summed E-state index contributed by atoms with van der Waals surface area (Å²) < 4.78 is 10.2. The van der Waals surface area contributed by atoms with Crippen LogP contribution in [0.15, 0.2) is 41.5 Å².